The van der Waals surface area contributed by atoms with Gasteiger partial charge in [-0.2, -0.15) is 0 Å². The van der Waals surface area contributed by atoms with Crippen LogP contribution >= 0.6 is 0 Å². The van der Waals surface area contributed by atoms with Gasteiger partial charge < -0.3 is 15.2 Å². The van der Waals surface area contributed by atoms with E-state index in [1.807, 2.05) is 0 Å². The van der Waals surface area contributed by atoms with Crippen molar-refractivity contribution in [3.63, 3.8) is 0 Å². The van der Waals surface area contributed by atoms with E-state index in [9.17, 15) is 9.90 Å². The Morgan fingerprint density at radius 3 is 2.71 bits per heavy atom. The van der Waals surface area contributed by atoms with E-state index in [1.54, 1.807) is 12.3 Å². The molecule has 0 atom stereocenters. The minimum Gasteiger partial charge on any atom is -0.493 e. The summed E-state index contributed by atoms with van der Waals surface area (Å²) in [5.74, 6) is 1.82. The molecule has 5 heteroatoms. The molecule has 1 heterocycles. The number of rotatable bonds is 7. The topological polar surface area (TPSA) is 71.5 Å². The maximum absolute atomic E-state index is 12.4. The van der Waals surface area contributed by atoms with Crippen molar-refractivity contribution in [3.8, 4) is 5.75 Å². The zero-order chi connectivity index (χ0) is 16.6. The number of hydrogen-bond acceptors (Lipinski definition) is 4. The molecule has 0 radical (unpaired) electrons. The third-order valence-electron chi connectivity index (χ3n) is 5.43. The molecule has 130 valence electrons. The van der Waals surface area contributed by atoms with Crippen LogP contribution < -0.4 is 10.1 Å². The highest BCUT2D eigenvalue weighted by atomic mass is 16.5. The zero-order valence-electron chi connectivity index (χ0n) is 14.1. The lowest BCUT2D eigenvalue weighted by molar-refractivity contribution is 0.0448. The Kier molecular flexibility index (Phi) is 4.21. The van der Waals surface area contributed by atoms with Crippen LogP contribution in [0, 0.1) is 5.92 Å². The number of nitrogens with one attached hydrogen (secondary N) is 1. The quantitative estimate of drug-likeness (QED) is 0.806. The Morgan fingerprint density at radius 2 is 2.04 bits per heavy atom. The fourth-order valence-corrected chi connectivity index (χ4v) is 3.43. The molecule has 2 N–H and O–H groups in total. The average Bonchev–Trinajstić information content (AvgIpc) is 3.50. The summed E-state index contributed by atoms with van der Waals surface area (Å²) in [5, 5.41) is 13.2. The van der Waals surface area contributed by atoms with Gasteiger partial charge in [0.1, 0.15) is 11.4 Å². The molecule has 0 unspecified atom stereocenters. The number of pyridine rings is 1. The number of aliphatic hydroxyl groups is 1. The molecule has 0 bridgehead atoms. The van der Waals surface area contributed by atoms with Gasteiger partial charge in [0.2, 0.25) is 0 Å². The lowest BCUT2D eigenvalue weighted by atomic mass is 10.0. The van der Waals surface area contributed by atoms with Gasteiger partial charge in [-0.15, -0.1) is 0 Å². The van der Waals surface area contributed by atoms with E-state index >= 15 is 0 Å². The third kappa shape index (κ3) is 3.72. The fourth-order valence-electron chi connectivity index (χ4n) is 3.43. The molecule has 3 fully saturated rings. The molecule has 0 aromatic carbocycles. The van der Waals surface area contributed by atoms with Crippen molar-refractivity contribution in [1.82, 2.24) is 10.3 Å². The molecule has 0 spiro atoms. The smallest absolute Gasteiger partial charge is 0.270 e. The first kappa shape index (κ1) is 15.9. The molecule has 5 nitrogen and oxygen atoms in total. The Balaban J connectivity index is 1.43. The minimum absolute atomic E-state index is 0.228. The molecule has 3 saturated carbocycles. The molecule has 3 aliphatic rings. The predicted octanol–water partition coefficient (Wildman–Crippen LogP) is 2.78. The van der Waals surface area contributed by atoms with E-state index in [4.69, 9.17) is 4.74 Å². The van der Waals surface area contributed by atoms with Gasteiger partial charge in [-0.25, -0.2) is 0 Å². The molecule has 4 rings (SSSR count). The van der Waals surface area contributed by atoms with Gasteiger partial charge in [0.15, 0.2) is 0 Å². The number of hydrogen-bond donors (Lipinski definition) is 2. The summed E-state index contributed by atoms with van der Waals surface area (Å²) in [6, 6.07) is 1.78. The maximum atomic E-state index is 12.4. The summed E-state index contributed by atoms with van der Waals surface area (Å²) in [7, 11) is 0. The van der Waals surface area contributed by atoms with Crippen LogP contribution in [-0.4, -0.2) is 34.8 Å². The summed E-state index contributed by atoms with van der Waals surface area (Å²) < 4.78 is 5.98. The molecule has 1 aromatic rings. The van der Waals surface area contributed by atoms with E-state index in [2.05, 4.69) is 10.3 Å². The fraction of sp³-hybridized carbons (Fsp3) is 0.684. The maximum Gasteiger partial charge on any atom is 0.270 e. The summed E-state index contributed by atoms with van der Waals surface area (Å²) in [4.78, 5) is 16.7. The highest BCUT2D eigenvalue weighted by Crippen LogP contribution is 2.44. The van der Waals surface area contributed by atoms with Crippen molar-refractivity contribution in [3.05, 3.63) is 23.5 Å². The lowest BCUT2D eigenvalue weighted by Gasteiger charge is -2.22. The van der Waals surface area contributed by atoms with Crippen LogP contribution in [0.4, 0.5) is 0 Å². The first-order chi connectivity index (χ1) is 11.6. The molecule has 0 aliphatic heterocycles. The van der Waals surface area contributed by atoms with Crippen LogP contribution in [0.2, 0.25) is 0 Å². The molecule has 1 amide bonds. The summed E-state index contributed by atoms with van der Waals surface area (Å²) in [6.45, 7) is 1.04. The number of aromatic nitrogens is 1. The first-order valence-corrected chi connectivity index (χ1v) is 9.26. The Morgan fingerprint density at radius 1 is 1.29 bits per heavy atom. The second-order valence-corrected chi connectivity index (χ2v) is 7.75. The lowest BCUT2D eigenvalue weighted by Crippen LogP contribution is -2.41. The number of amides is 1. The van der Waals surface area contributed by atoms with Gasteiger partial charge in [0.25, 0.3) is 5.91 Å². The van der Waals surface area contributed by atoms with E-state index in [0.29, 0.717) is 24.1 Å². The van der Waals surface area contributed by atoms with Gasteiger partial charge in [0, 0.05) is 24.4 Å². The van der Waals surface area contributed by atoms with Gasteiger partial charge in [-0.05, 0) is 50.4 Å². The van der Waals surface area contributed by atoms with Crippen molar-refractivity contribution in [2.75, 3.05) is 13.2 Å². The molecular weight excluding hydrogens is 304 g/mol. The van der Waals surface area contributed by atoms with Crippen molar-refractivity contribution >= 4 is 5.91 Å². The van der Waals surface area contributed by atoms with E-state index < -0.39 is 5.60 Å². The van der Waals surface area contributed by atoms with Crippen LogP contribution in [0.25, 0.3) is 0 Å². The van der Waals surface area contributed by atoms with Gasteiger partial charge >= 0.3 is 0 Å². The third-order valence-corrected chi connectivity index (χ3v) is 5.43. The number of carbonyl (C=O) groups is 1. The van der Waals surface area contributed by atoms with E-state index in [1.165, 1.54) is 25.7 Å². The SMILES string of the molecule is O=C(NCC1(O)CCCC1)c1cc(OCC2CC2)c(C2CC2)cn1. The van der Waals surface area contributed by atoms with Gasteiger partial charge in [-0.1, -0.05) is 12.8 Å². The Bertz CT molecular complexity index is 617. The normalized spacial score (nSPS) is 22.4. The number of ether oxygens (including phenoxy) is 1. The average molecular weight is 330 g/mol. The molecular formula is C19H26N2O3. The van der Waals surface area contributed by atoms with E-state index in [0.717, 1.165) is 43.6 Å². The standard InChI is InChI=1S/C19H26N2O3/c22-18(21-12-19(23)7-1-2-8-19)16-9-17(24-11-13-3-4-13)15(10-20-16)14-5-6-14/h9-10,13-14,23H,1-8,11-12H2,(H,21,22). The second kappa shape index (κ2) is 6.36. The molecule has 1 aromatic heterocycles. The van der Waals surface area contributed by atoms with Gasteiger partial charge in [-0.3, -0.25) is 9.78 Å². The summed E-state index contributed by atoms with van der Waals surface area (Å²) in [5.41, 5.74) is 0.781. The van der Waals surface area contributed by atoms with E-state index in [-0.39, 0.29) is 5.91 Å². The zero-order valence-corrected chi connectivity index (χ0v) is 14.1. The van der Waals surface area contributed by atoms with Crippen LogP contribution in [0.5, 0.6) is 5.75 Å². The first-order valence-electron chi connectivity index (χ1n) is 9.26. The molecule has 24 heavy (non-hydrogen) atoms. The van der Waals surface area contributed by atoms with Crippen LogP contribution in [0.15, 0.2) is 12.3 Å². The Hall–Kier alpha value is -1.62. The largest absolute Gasteiger partial charge is 0.493 e. The minimum atomic E-state index is -0.741. The van der Waals surface area contributed by atoms with Crippen molar-refractivity contribution in [2.45, 2.75) is 62.9 Å². The van der Waals surface area contributed by atoms with Crippen LogP contribution in [-0.2, 0) is 0 Å². The number of nitrogens with zero attached hydrogens (tertiary/aromatic N) is 1. The van der Waals surface area contributed by atoms with Gasteiger partial charge in [0.05, 0.1) is 12.2 Å². The van der Waals surface area contributed by atoms with Crippen molar-refractivity contribution in [2.24, 2.45) is 5.92 Å². The molecule has 3 aliphatic carbocycles. The highest BCUT2D eigenvalue weighted by Gasteiger charge is 2.32. The van der Waals surface area contributed by atoms with Crippen molar-refractivity contribution in [1.29, 1.82) is 0 Å². The summed E-state index contributed by atoms with van der Waals surface area (Å²) in [6.07, 6.45) is 10.2. The number of carbonyl (C=O) groups excluding carboxylic acids is 1. The van der Waals surface area contributed by atoms with Crippen LogP contribution in [0.3, 0.4) is 0 Å². The molecule has 0 saturated heterocycles. The second-order valence-electron chi connectivity index (χ2n) is 7.75. The summed E-state index contributed by atoms with van der Waals surface area (Å²) >= 11 is 0. The highest BCUT2D eigenvalue weighted by molar-refractivity contribution is 5.92. The van der Waals surface area contributed by atoms with Crippen molar-refractivity contribution < 1.29 is 14.6 Å². The monoisotopic (exact) mass is 330 g/mol. The predicted molar refractivity (Wildman–Crippen MR) is 90.2 cm³/mol. The Labute approximate surface area is 142 Å². The van der Waals surface area contributed by atoms with Crippen LogP contribution in [0.1, 0.15) is 73.3 Å².